The fourth-order valence-electron chi connectivity index (χ4n) is 9.58. The first-order valence-corrected chi connectivity index (χ1v) is 21.4. The van der Waals surface area contributed by atoms with Gasteiger partial charge in [0.15, 0.2) is 11.6 Å². The van der Waals surface area contributed by atoms with E-state index in [2.05, 4.69) is 60.7 Å². The second-order valence-corrected chi connectivity index (χ2v) is 16.3. The first-order chi connectivity index (χ1) is 31.7. The van der Waals surface area contributed by atoms with Gasteiger partial charge in [0.25, 0.3) is 0 Å². The molecule has 0 saturated carbocycles. The summed E-state index contributed by atoms with van der Waals surface area (Å²) in [6.07, 6.45) is 3.61. The molecule has 4 heterocycles. The third-order valence-corrected chi connectivity index (χ3v) is 12.6. The minimum absolute atomic E-state index is 0.0372. The average Bonchev–Trinajstić information content (AvgIpc) is 3.38. The van der Waals surface area contributed by atoms with Crippen LogP contribution in [-0.2, 0) is 0 Å². The van der Waals surface area contributed by atoms with Crippen molar-refractivity contribution in [3.05, 3.63) is 228 Å². The fourth-order valence-corrected chi connectivity index (χ4v) is 9.58. The molecule has 2 bridgehead atoms. The van der Waals surface area contributed by atoms with Gasteiger partial charge in [-0.1, -0.05) is 133 Å². The Balaban J connectivity index is 0.938. The van der Waals surface area contributed by atoms with Crippen molar-refractivity contribution >= 4 is 22.1 Å². The molecule has 2 atom stereocenters. The standard InChI is InChI=1S/C56H34N8/c1-3-13-33(14-4-1)55-61-47(29-49(63-55)51-31-57-43-19-9-11-21-45(43)59-51)35-23-25-39-41(27-35)53-37-17-7-8-18-38(37)54(39)42-28-36(24-26-40(42)53)48-30-50(64-56(62-48)34-15-5-2-6-16-34)52-32-58-44-20-10-12-22-46(44)60-52/h1-32,53-54H. The molecular formula is C56H34N8. The van der Waals surface area contributed by atoms with E-state index >= 15 is 0 Å². The predicted molar refractivity (Wildman–Crippen MR) is 251 cm³/mol. The molecular weight excluding hydrogens is 785 g/mol. The van der Waals surface area contributed by atoms with E-state index in [1.165, 1.54) is 33.4 Å². The van der Waals surface area contributed by atoms with Gasteiger partial charge in [0.05, 0.1) is 57.2 Å². The smallest absolute Gasteiger partial charge is 0.160 e. The second kappa shape index (κ2) is 14.5. The van der Waals surface area contributed by atoms with E-state index in [0.717, 1.165) is 67.1 Å². The minimum Gasteiger partial charge on any atom is -0.252 e. The van der Waals surface area contributed by atoms with E-state index in [1.807, 2.05) is 121 Å². The average molecular weight is 819 g/mol. The van der Waals surface area contributed by atoms with Gasteiger partial charge in [-0.25, -0.2) is 29.9 Å². The van der Waals surface area contributed by atoms with Crippen LogP contribution in [0.25, 0.3) is 90.1 Å². The first kappa shape index (κ1) is 36.1. The Bertz CT molecular complexity index is 3410. The van der Waals surface area contributed by atoms with Crippen molar-refractivity contribution in [2.75, 3.05) is 0 Å². The Morgan fingerprint density at radius 1 is 0.250 bits per heavy atom. The SMILES string of the molecule is c1ccc(-c2nc(-c3ccc4c(c3)C3c5ccccc5C4c4cc(-c5cc(-c6cnc7ccccc7n6)nc(-c6ccccc6)n5)ccc43)cc(-c3cnc4ccccc4n3)n2)cc1. The molecule has 64 heavy (non-hydrogen) atoms. The molecule has 8 nitrogen and oxygen atoms in total. The van der Waals surface area contributed by atoms with Crippen LogP contribution in [0, 0.1) is 0 Å². The Labute approximate surface area is 368 Å². The van der Waals surface area contributed by atoms with Crippen molar-refractivity contribution < 1.29 is 0 Å². The van der Waals surface area contributed by atoms with Gasteiger partial charge in [-0.05, 0) is 81.9 Å². The van der Waals surface area contributed by atoms with Gasteiger partial charge < -0.3 is 0 Å². The summed E-state index contributed by atoms with van der Waals surface area (Å²) in [4.78, 5) is 39.9. The van der Waals surface area contributed by atoms with Crippen LogP contribution >= 0.6 is 0 Å². The third-order valence-electron chi connectivity index (χ3n) is 12.6. The van der Waals surface area contributed by atoms with Crippen molar-refractivity contribution in [3.8, 4) is 68.1 Å². The van der Waals surface area contributed by atoms with Crippen LogP contribution in [0.3, 0.4) is 0 Å². The highest BCUT2D eigenvalue weighted by molar-refractivity contribution is 5.81. The van der Waals surface area contributed by atoms with E-state index in [0.29, 0.717) is 23.0 Å². The zero-order valence-electron chi connectivity index (χ0n) is 34.2. The maximum atomic E-state index is 5.20. The highest BCUT2D eigenvalue weighted by Gasteiger charge is 2.41. The van der Waals surface area contributed by atoms with Crippen molar-refractivity contribution in [3.63, 3.8) is 0 Å². The van der Waals surface area contributed by atoms with Crippen molar-refractivity contribution in [2.45, 2.75) is 11.8 Å². The highest BCUT2D eigenvalue weighted by atomic mass is 14.9. The van der Waals surface area contributed by atoms with E-state index in [1.54, 1.807) is 12.4 Å². The lowest BCUT2D eigenvalue weighted by Gasteiger charge is -2.42. The number of hydrogen-bond acceptors (Lipinski definition) is 8. The molecule has 8 heteroatoms. The molecule has 11 aromatic rings. The summed E-state index contributed by atoms with van der Waals surface area (Å²) >= 11 is 0. The molecule has 14 rings (SSSR count). The van der Waals surface area contributed by atoms with Crippen molar-refractivity contribution in [1.82, 2.24) is 39.9 Å². The minimum atomic E-state index is 0.0372. The number of rotatable bonds is 6. The number of benzene rings is 7. The second-order valence-electron chi connectivity index (χ2n) is 16.3. The summed E-state index contributed by atoms with van der Waals surface area (Å²) < 4.78 is 0. The lowest BCUT2D eigenvalue weighted by molar-refractivity contribution is 0.755. The Morgan fingerprint density at radius 2 is 0.625 bits per heavy atom. The van der Waals surface area contributed by atoms with Gasteiger partial charge in [-0.3, -0.25) is 9.97 Å². The monoisotopic (exact) mass is 818 g/mol. The van der Waals surface area contributed by atoms with Gasteiger partial charge in [-0.2, -0.15) is 0 Å². The summed E-state index contributed by atoms with van der Waals surface area (Å²) in [7, 11) is 0. The maximum absolute atomic E-state index is 5.20. The molecule has 3 aliphatic rings. The molecule has 4 aromatic heterocycles. The summed E-state index contributed by atoms with van der Waals surface area (Å²) in [5.41, 5.74) is 19.6. The van der Waals surface area contributed by atoms with Crippen LogP contribution in [0.2, 0.25) is 0 Å². The zero-order valence-corrected chi connectivity index (χ0v) is 34.2. The largest absolute Gasteiger partial charge is 0.252 e. The Kier molecular flexibility index (Phi) is 8.17. The Morgan fingerprint density at radius 3 is 1.08 bits per heavy atom. The van der Waals surface area contributed by atoms with Gasteiger partial charge in [0.2, 0.25) is 0 Å². The van der Waals surface area contributed by atoms with Gasteiger partial charge in [-0.15, -0.1) is 0 Å². The molecule has 0 radical (unpaired) electrons. The molecule has 0 fully saturated rings. The highest BCUT2D eigenvalue weighted by Crippen LogP contribution is 2.56. The Hall–Kier alpha value is -8.62. The van der Waals surface area contributed by atoms with Crippen LogP contribution < -0.4 is 0 Å². The number of fused-ring (bicyclic) bond motifs is 2. The van der Waals surface area contributed by atoms with Crippen LogP contribution in [-0.4, -0.2) is 39.9 Å². The van der Waals surface area contributed by atoms with Crippen molar-refractivity contribution in [2.24, 2.45) is 0 Å². The molecule has 298 valence electrons. The number of hydrogen-bond donors (Lipinski definition) is 0. The summed E-state index contributed by atoms with van der Waals surface area (Å²) in [6, 6.07) is 62.8. The van der Waals surface area contributed by atoms with Crippen LogP contribution in [0.4, 0.5) is 0 Å². The molecule has 2 unspecified atom stereocenters. The summed E-state index contributed by atoms with van der Waals surface area (Å²) in [5, 5.41) is 0. The third kappa shape index (κ3) is 5.99. The topological polar surface area (TPSA) is 103 Å². The van der Waals surface area contributed by atoms with Crippen molar-refractivity contribution in [1.29, 1.82) is 0 Å². The lowest BCUT2D eigenvalue weighted by Crippen LogP contribution is -2.27. The molecule has 0 amide bonds. The number of nitrogens with zero attached hydrogens (tertiary/aromatic N) is 8. The van der Waals surface area contributed by atoms with Crippen LogP contribution in [0.1, 0.15) is 45.2 Å². The predicted octanol–water partition coefficient (Wildman–Crippen LogP) is 12.1. The fraction of sp³-hybridized carbons (Fsp3) is 0.0357. The van der Waals surface area contributed by atoms with Crippen LogP contribution in [0.15, 0.2) is 194 Å². The molecule has 0 N–H and O–H groups in total. The lowest BCUT2D eigenvalue weighted by atomic mass is 9.60. The zero-order chi connectivity index (χ0) is 42.1. The molecule has 0 spiro atoms. The quantitative estimate of drug-likeness (QED) is 0.163. The van der Waals surface area contributed by atoms with E-state index in [4.69, 9.17) is 39.9 Å². The van der Waals surface area contributed by atoms with Gasteiger partial charge >= 0.3 is 0 Å². The van der Waals surface area contributed by atoms with Gasteiger partial charge in [0.1, 0.15) is 11.4 Å². The van der Waals surface area contributed by atoms with E-state index < -0.39 is 0 Å². The van der Waals surface area contributed by atoms with E-state index in [-0.39, 0.29) is 11.8 Å². The molecule has 0 saturated heterocycles. The first-order valence-electron chi connectivity index (χ1n) is 21.4. The van der Waals surface area contributed by atoms with Gasteiger partial charge in [0, 0.05) is 34.1 Å². The summed E-state index contributed by atoms with van der Waals surface area (Å²) in [5.74, 6) is 1.35. The summed E-state index contributed by atoms with van der Waals surface area (Å²) in [6.45, 7) is 0. The molecule has 0 aliphatic heterocycles. The number of aromatic nitrogens is 8. The maximum Gasteiger partial charge on any atom is 0.160 e. The molecule has 3 aliphatic carbocycles. The normalized spacial score (nSPS) is 14.6. The number of para-hydroxylation sites is 4. The molecule has 7 aromatic carbocycles. The van der Waals surface area contributed by atoms with Crippen LogP contribution in [0.5, 0.6) is 0 Å². The van der Waals surface area contributed by atoms with E-state index in [9.17, 15) is 0 Å².